The molecule has 2 N–H and O–H groups in total. The number of hydrogen-bond acceptors (Lipinski definition) is 6. The normalized spacial score (nSPS) is 21.4. The standard InChI is InChI=1S/C23H22F3N5OS/c24-23(25,26)9-16-7-17-20(27-12-28-21(17)33-16)31-10-22(11-31)4-3-15(8-22)29-14-2-1-13-5-19(32)30-18(13)6-14/h1-2,6-7,12,15,29H,3-5,8-11H2,(H,30,32)/t15-/m1/s1. The third-order valence-corrected chi connectivity index (χ3v) is 7.94. The summed E-state index contributed by atoms with van der Waals surface area (Å²) in [6, 6.07) is 7.99. The predicted molar refractivity (Wildman–Crippen MR) is 122 cm³/mol. The average Bonchev–Trinajstić information content (AvgIpc) is 3.40. The molecule has 33 heavy (non-hydrogen) atoms. The van der Waals surface area contributed by atoms with Gasteiger partial charge in [-0.05, 0) is 43.0 Å². The highest BCUT2D eigenvalue weighted by atomic mass is 32.1. The molecule has 1 aliphatic carbocycles. The Kier molecular flexibility index (Phi) is 4.59. The van der Waals surface area contributed by atoms with E-state index in [1.54, 1.807) is 6.07 Å². The Morgan fingerprint density at radius 2 is 2.09 bits per heavy atom. The number of nitrogens with one attached hydrogen (secondary N) is 2. The molecule has 1 aromatic carbocycles. The molecule has 2 fully saturated rings. The van der Waals surface area contributed by atoms with Gasteiger partial charge in [-0.15, -0.1) is 11.3 Å². The van der Waals surface area contributed by atoms with Crippen molar-refractivity contribution in [2.75, 3.05) is 28.6 Å². The van der Waals surface area contributed by atoms with Gasteiger partial charge in [-0.1, -0.05) is 6.07 Å². The maximum Gasteiger partial charge on any atom is 0.393 e. The van der Waals surface area contributed by atoms with E-state index in [9.17, 15) is 18.0 Å². The number of carbonyl (C=O) groups is 1. The highest BCUT2D eigenvalue weighted by Gasteiger charge is 2.49. The summed E-state index contributed by atoms with van der Waals surface area (Å²) in [4.78, 5) is 23.2. The Balaban J connectivity index is 1.12. The molecule has 6 rings (SSSR count). The lowest BCUT2D eigenvalue weighted by atomic mass is 9.78. The zero-order valence-corrected chi connectivity index (χ0v) is 18.5. The fourth-order valence-electron chi connectivity index (χ4n) is 5.50. The molecule has 0 bridgehead atoms. The maximum absolute atomic E-state index is 12.8. The first-order valence-corrected chi connectivity index (χ1v) is 11.8. The number of nitrogens with zero attached hydrogens (tertiary/aromatic N) is 3. The first-order chi connectivity index (χ1) is 15.8. The van der Waals surface area contributed by atoms with Crippen LogP contribution in [-0.4, -0.2) is 41.2 Å². The molecule has 0 radical (unpaired) electrons. The summed E-state index contributed by atoms with van der Waals surface area (Å²) in [6.07, 6.45) is -0.0875. The van der Waals surface area contributed by atoms with Crippen LogP contribution in [-0.2, 0) is 17.6 Å². The van der Waals surface area contributed by atoms with Gasteiger partial charge in [0.15, 0.2) is 0 Å². The summed E-state index contributed by atoms with van der Waals surface area (Å²) in [5, 5.41) is 7.22. The van der Waals surface area contributed by atoms with E-state index < -0.39 is 12.6 Å². The smallest absolute Gasteiger partial charge is 0.382 e. The van der Waals surface area contributed by atoms with E-state index in [-0.39, 0.29) is 16.2 Å². The zero-order valence-electron chi connectivity index (χ0n) is 17.7. The summed E-state index contributed by atoms with van der Waals surface area (Å²) >= 11 is 1.09. The molecular formula is C23H22F3N5OS. The van der Waals surface area contributed by atoms with Gasteiger partial charge in [0.25, 0.3) is 0 Å². The molecule has 2 aromatic heterocycles. The van der Waals surface area contributed by atoms with Crippen molar-refractivity contribution in [1.82, 2.24) is 9.97 Å². The number of aromatic nitrogens is 2. The molecule has 1 saturated heterocycles. The van der Waals surface area contributed by atoms with Gasteiger partial charge in [0.2, 0.25) is 5.91 Å². The number of anilines is 3. The number of amides is 1. The third-order valence-electron chi connectivity index (χ3n) is 6.89. The molecule has 1 spiro atoms. The van der Waals surface area contributed by atoms with Crippen molar-refractivity contribution in [3.63, 3.8) is 0 Å². The van der Waals surface area contributed by atoms with Crippen LogP contribution in [0.2, 0.25) is 0 Å². The maximum atomic E-state index is 12.8. The Bertz CT molecular complexity index is 1250. The molecule has 172 valence electrons. The molecule has 2 aliphatic heterocycles. The minimum atomic E-state index is -4.23. The number of fused-ring (bicyclic) bond motifs is 2. The van der Waals surface area contributed by atoms with Crippen LogP contribution >= 0.6 is 11.3 Å². The van der Waals surface area contributed by atoms with Gasteiger partial charge < -0.3 is 15.5 Å². The first-order valence-electron chi connectivity index (χ1n) is 11.0. The van der Waals surface area contributed by atoms with Crippen molar-refractivity contribution in [1.29, 1.82) is 0 Å². The highest BCUT2D eigenvalue weighted by molar-refractivity contribution is 7.18. The lowest BCUT2D eigenvalue weighted by Crippen LogP contribution is -2.56. The van der Waals surface area contributed by atoms with Crippen LogP contribution in [0, 0.1) is 5.41 Å². The monoisotopic (exact) mass is 473 g/mol. The van der Waals surface area contributed by atoms with E-state index in [0.29, 0.717) is 22.7 Å². The number of halogens is 3. The molecule has 3 aromatic rings. The number of carbonyl (C=O) groups excluding carboxylic acids is 1. The topological polar surface area (TPSA) is 70.2 Å². The fourth-order valence-corrected chi connectivity index (χ4v) is 6.52. The molecule has 3 aliphatic rings. The lowest BCUT2D eigenvalue weighted by molar-refractivity contribution is -0.126. The quantitative estimate of drug-likeness (QED) is 0.572. The van der Waals surface area contributed by atoms with Gasteiger partial charge in [-0.2, -0.15) is 13.2 Å². The molecule has 0 unspecified atom stereocenters. The Hall–Kier alpha value is -2.88. The lowest BCUT2D eigenvalue weighted by Gasteiger charge is -2.49. The minimum absolute atomic E-state index is 0.0338. The number of alkyl halides is 3. The van der Waals surface area contributed by atoms with E-state index in [0.717, 1.165) is 66.4 Å². The number of rotatable bonds is 4. The van der Waals surface area contributed by atoms with Gasteiger partial charge in [0.05, 0.1) is 18.2 Å². The van der Waals surface area contributed by atoms with Crippen molar-refractivity contribution in [2.45, 2.75) is 44.3 Å². The van der Waals surface area contributed by atoms with E-state index in [2.05, 4.69) is 25.5 Å². The number of benzene rings is 1. The Morgan fingerprint density at radius 3 is 2.91 bits per heavy atom. The fraction of sp³-hybridized carbons (Fsp3) is 0.435. The van der Waals surface area contributed by atoms with Crippen LogP contribution in [0.4, 0.5) is 30.4 Å². The van der Waals surface area contributed by atoms with Crippen molar-refractivity contribution in [3.8, 4) is 0 Å². The second-order valence-electron chi connectivity index (χ2n) is 9.46. The molecule has 1 amide bonds. The van der Waals surface area contributed by atoms with E-state index in [1.165, 1.54) is 6.33 Å². The largest absolute Gasteiger partial charge is 0.393 e. The Morgan fingerprint density at radius 1 is 1.24 bits per heavy atom. The van der Waals surface area contributed by atoms with E-state index in [4.69, 9.17) is 0 Å². The number of hydrogen-bond donors (Lipinski definition) is 2. The van der Waals surface area contributed by atoms with Crippen molar-refractivity contribution in [2.24, 2.45) is 5.41 Å². The first kappa shape index (κ1) is 20.7. The van der Waals surface area contributed by atoms with Crippen LogP contribution in [0.1, 0.15) is 29.7 Å². The second-order valence-corrected chi connectivity index (χ2v) is 10.6. The summed E-state index contributed by atoms with van der Waals surface area (Å²) in [5.74, 6) is 0.771. The average molecular weight is 474 g/mol. The van der Waals surface area contributed by atoms with Gasteiger partial charge in [0, 0.05) is 40.8 Å². The predicted octanol–water partition coefficient (Wildman–Crippen LogP) is 4.76. The third kappa shape index (κ3) is 3.90. The molecule has 4 heterocycles. The zero-order chi connectivity index (χ0) is 22.8. The molecule has 1 saturated carbocycles. The van der Waals surface area contributed by atoms with Crippen molar-refractivity contribution in [3.05, 3.63) is 41.0 Å². The van der Waals surface area contributed by atoms with Gasteiger partial charge in [-0.3, -0.25) is 4.79 Å². The highest BCUT2D eigenvalue weighted by Crippen LogP contribution is 2.49. The number of thiophene rings is 1. The van der Waals surface area contributed by atoms with E-state index >= 15 is 0 Å². The second kappa shape index (κ2) is 7.31. The van der Waals surface area contributed by atoms with Crippen molar-refractivity contribution >= 4 is 44.7 Å². The molecular weight excluding hydrogens is 451 g/mol. The molecule has 10 heteroatoms. The SMILES string of the molecule is O=C1Cc2ccc(N[C@@H]3CCC4(C3)CN(c3ncnc5sc(CC(F)(F)F)cc35)C4)cc2N1. The van der Waals surface area contributed by atoms with Crippen LogP contribution in [0.15, 0.2) is 30.6 Å². The van der Waals surface area contributed by atoms with Crippen LogP contribution in [0.5, 0.6) is 0 Å². The summed E-state index contributed by atoms with van der Waals surface area (Å²) in [5.41, 5.74) is 3.14. The van der Waals surface area contributed by atoms with Crippen LogP contribution in [0.25, 0.3) is 10.2 Å². The summed E-state index contributed by atoms with van der Waals surface area (Å²) in [7, 11) is 0. The van der Waals surface area contributed by atoms with Crippen LogP contribution < -0.4 is 15.5 Å². The van der Waals surface area contributed by atoms with E-state index in [1.807, 2.05) is 18.2 Å². The summed E-state index contributed by atoms with van der Waals surface area (Å²) in [6.45, 7) is 1.70. The summed E-state index contributed by atoms with van der Waals surface area (Å²) < 4.78 is 38.5. The van der Waals surface area contributed by atoms with Crippen molar-refractivity contribution < 1.29 is 18.0 Å². The Labute approximate surface area is 192 Å². The van der Waals surface area contributed by atoms with Gasteiger partial charge >= 0.3 is 6.18 Å². The van der Waals surface area contributed by atoms with Gasteiger partial charge in [0.1, 0.15) is 17.0 Å². The minimum Gasteiger partial charge on any atom is -0.382 e. The van der Waals surface area contributed by atoms with Gasteiger partial charge in [-0.25, -0.2) is 9.97 Å². The van der Waals surface area contributed by atoms with Crippen LogP contribution in [0.3, 0.4) is 0 Å². The molecule has 1 atom stereocenters. The molecule has 6 nitrogen and oxygen atoms in total.